The number of carbonyl (C=O) groups excluding carboxylic acids is 3. The largest absolute Gasteiger partial charge is 0.462 e. The summed E-state index contributed by atoms with van der Waals surface area (Å²) in [6.07, 6.45) is 8.42. The maximum absolute atomic E-state index is 14.4. The van der Waals surface area contributed by atoms with Crippen molar-refractivity contribution in [3.8, 4) is 0 Å². The van der Waals surface area contributed by atoms with E-state index in [2.05, 4.69) is 61.5 Å². The van der Waals surface area contributed by atoms with Crippen molar-refractivity contribution in [1.82, 2.24) is 0 Å². The number of hydrogen-bond donors (Lipinski definition) is 0. The molecule has 200 valence electrons. The van der Waals surface area contributed by atoms with Crippen LogP contribution in [0.1, 0.15) is 107 Å². The molecule has 0 aromatic rings. The van der Waals surface area contributed by atoms with Gasteiger partial charge in [-0.05, 0) is 84.0 Å². The average Bonchev–Trinajstić information content (AvgIpc) is 2.74. The predicted molar refractivity (Wildman–Crippen MR) is 141 cm³/mol. The summed E-state index contributed by atoms with van der Waals surface area (Å²) in [5.41, 5.74) is 0.140. The lowest BCUT2D eigenvalue weighted by Gasteiger charge is -2.70. The van der Waals surface area contributed by atoms with Gasteiger partial charge in [0.15, 0.2) is 5.78 Å². The lowest BCUT2D eigenvalue weighted by Crippen LogP contribution is -2.69. The van der Waals surface area contributed by atoms with E-state index in [0.29, 0.717) is 30.6 Å². The Labute approximate surface area is 218 Å². The van der Waals surface area contributed by atoms with Crippen LogP contribution in [0.4, 0.5) is 0 Å². The zero-order chi connectivity index (χ0) is 26.6. The van der Waals surface area contributed by atoms with Gasteiger partial charge in [-0.3, -0.25) is 14.4 Å². The first-order valence-corrected chi connectivity index (χ1v) is 14.5. The first-order chi connectivity index (χ1) is 16.5. The van der Waals surface area contributed by atoms with Gasteiger partial charge < -0.3 is 4.74 Å². The quantitative estimate of drug-likeness (QED) is 0.368. The molecular formula is C32H48O4. The molecule has 4 nitrogen and oxygen atoms in total. The molecule has 5 aliphatic rings. The van der Waals surface area contributed by atoms with Crippen LogP contribution in [-0.4, -0.2) is 23.6 Å². The van der Waals surface area contributed by atoms with Crippen LogP contribution < -0.4 is 0 Å². The average molecular weight is 497 g/mol. The second kappa shape index (κ2) is 7.79. The highest BCUT2D eigenvalue weighted by Crippen LogP contribution is 2.74. The monoisotopic (exact) mass is 496 g/mol. The van der Waals surface area contributed by atoms with Crippen LogP contribution in [0.15, 0.2) is 11.6 Å². The number of carbonyl (C=O) groups is 3. The van der Waals surface area contributed by atoms with Gasteiger partial charge in [-0.2, -0.15) is 0 Å². The van der Waals surface area contributed by atoms with E-state index < -0.39 is 10.8 Å². The maximum Gasteiger partial charge on any atom is 0.302 e. The van der Waals surface area contributed by atoms with E-state index in [9.17, 15) is 14.4 Å². The van der Waals surface area contributed by atoms with Gasteiger partial charge in [0.2, 0.25) is 0 Å². The molecule has 5 aliphatic carbocycles. The first kappa shape index (κ1) is 26.2. The van der Waals surface area contributed by atoms with Gasteiger partial charge in [-0.25, -0.2) is 0 Å². The summed E-state index contributed by atoms with van der Waals surface area (Å²) < 4.78 is 5.75. The minimum atomic E-state index is -0.499. The molecule has 0 spiro atoms. The van der Waals surface area contributed by atoms with Crippen molar-refractivity contribution in [2.24, 2.45) is 56.7 Å². The lowest BCUT2D eigenvalue weighted by atomic mass is 9.33. The van der Waals surface area contributed by atoms with Crippen LogP contribution in [0.3, 0.4) is 0 Å². The summed E-state index contributed by atoms with van der Waals surface area (Å²) in [4.78, 5) is 40.5. The molecule has 0 heterocycles. The van der Waals surface area contributed by atoms with E-state index in [0.717, 1.165) is 12.8 Å². The molecule has 0 bridgehead atoms. The van der Waals surface area contributed by atoms with Gasteiger partial charge >= 0.3 is 5.97 Å². The van der Waals surface area contributed by atoms with Crippen molar-refractivity contribution in [2.75, 3.05) is 0 Å². The van der Waals surface area contributed by atoms with E-state index in [1.807, 2.05) is 0 Å². The number of fused-ring (bicyclic) bond motifs is 7. The Morgan fingerprint density at radius 3 is 2.22 bits per heavy atom. The van der Waals surface area contributed by atoms with Gasteiger partial charge in [-0.15, -0.1) is 0 Å². The molecule has 36 heavy (non-hydrogen) atoms. The summed E-state index contributed by atoms with van der Waals surface area (Å²) in [5, 5.41) is 0. The third kappa shape index (κ3) is 3.14. The van der Waals surface area contributed by atoms with Crippen LogP contribution >= 0.6 is 0 Å². The van der Waals surface area contributed by atoms with Crippen LogP contribution in [0.25, 0.3) is 0 Å². The first-order valence-electron chi connectivity index (χ1n) is 14.5. The second-order valence-electron chi connectivity index (χ2n) is 15.2. The van der Waals surface area contributed by atoms with Gasteiger partial charge in [0.1, 0.15) is 11.9 Å². The van der Waals surface area contributed by atoms with Crippen LogP contribution in [-0.2, 0) is 19.1 Å². The Hall–Kier alpha value is -1.45. The topological polar surface area (TPSA) is 60.4 Å². The van der Waals surface area contributed by atoms with Crippen LogP contribution in [0, 0.1) is 56.7 Å². The normalized spacial score (nSPS) is 51.8. The highest BCUT2D eigenvalue weighted by molar-refractivity contribution is 5.99. The zero-order valence-corrected chi connectivity index (χ0v) is 24.1. The number of ether oxygens (including phenoxy) is 1. The fraction of sp³-hybridized carbons (Fsp3) is 0.844. The van der Waals surface area contributed by atoms with E-state index in [1.165, 1.54) is 31.8 Å². The molecule has 0 N–H and O–H groups in total. The molecular weight excluding hydrogens is 448 g/mol. The SMILES string of the molecule is CC(=O)OC1CCC2(C)C(C(=O)CC3(C)C2C(=O)C=C2C4C(C)C(C)CCC4(C)CCC23C)C1(C)C. The Balaban J connectivity index is 1.63. The minimum Gasteiger partial charge on any atom is -0.462 e. The van der Waals surface area contributed by atoms with E-state index in [4.69, 9.17) is 4.74 Å². The lowest BCUT2D eigenvalue weighted by molar-refractivity contribution is -0.208. The molecule has 0 amide bonds. The van der Waals surface area contributed by atoms with Crippen LogP contribution in [0.5, 0.6) is 0 Å². The highest BCUT2D eigenvalue weighted by atomic mass is 16.5. The summed E-state index contributed by atoms with van der Waals surface area (Å²) >= 11 is 0. The van der Waals surface area contributed by atoms with Gasteiger partial charge in [0, 0.05) is 30.6 Å². The number of esters is 1. The summed E-state index contributed by atoms with van der Waals surface area (Å²) in [5.74, 6) is 1.37. The van der Waals surface area contributed by atoms with Crippen molar-refractivity contribution in [1.29, 1.82) is 0 Å². The number of ketones is 2. The Bertz CT molecular complexity index is 1040. The van der Waals surface area contributed by atoms with Crippen molar-refractivity contribution < 1.29 is 19.1 Å². The Morgan fingerprint density at radius 1 is 0.917 bits per heavy atom. The third-order valence-corrected chi connectivity index (χ3v) is 13.0. The third-order valence-electron chi connectivity index (χ3n) is 13.0. The number of Topliss-reactive ketones (excluding diaryl/α,β-unsaturated/α-hetero) is 1. The molecule has 10 atom stereocenters. The number of hydrogen-bond acceptors (Lipinski definition) is 4. The molecule has 4 fully saturated rings. The number of rotatable bonds is 1. The minimum absolute atomic E-state index is 0.151. The standard InChI is InChI=1S/C32H48O4/c1-18-10-12-29(6)14-15-31(8)21(25(29)19(18)2)16-22(34)27-30(7)13-11-24(36-20(3)33)28(4,5)26(30)23(35)17-32(27,31)9/h16,18-19,24-27H,10-15,17H2,1-9H3. The molecule has 4 heteroatoms. The summed E-state index contributed by atoms with van der Waals surface area (Å²) in [6.45, 7) is 19.7. The maximum atomic E-state index is 14.4. The Kier molecular flexibility index (Phi) is 5.66. The van der Waals surface area contributed by atoms with E-state index >= 15 is 0 Å². The van der Waals surface area contributed by atoms with Crippen molar-refractivity contribution in [2.45, 2.75) is 113 Å². The van der Waals surface area contributed by atoms with Crippen molar-refractivity contribution in [3.63, 3.8) is 0 Å². The van der Waals surface area contributed by atoms with E-state index in [1.54, 1.807) is 0 Å². The number of allylic oxidation sites excluding steroid dienone is 2. The fourth-order valence-corrected chi connectivity index (χ4v) is 10.9. The molecule has 0 saturated heterocycles. The van der Waals surface area contributed by atoms with Gasteiger partial charge in [0.25, 0.3) is 0 Å². The van der Waals surface area contributed by atoms with Crippen molar-refractivity contribution in [3.05, 3.63) is 11.6 Å². The summed E-state index contributed by atoms with van der Waals surface area (Å²) in [6, 6.07) is 0. The van der Waals surface area contributed by atoms with E-state index in [-0.39, 0.29) is 51.7 Å². The smallest absolute Gasteiger partial charge is 0.302 e. The van der Waals surface area contributed by atoms with Crippen molar-refractivity contribution >= 4 is 17.5 Å². The predicted octanol–water partition coefficient (Wildman–Crippen LogP) is 6.95. The van der Waals surface area contributed by atoms with Gasteiger partial charge in [-0.1, -0.05) is 61.0 Å². The molecule has 0 aromatic heterocycles. The molecule has 10 unspecified atom stereocenters. The molecule has 0 aromatic carbocycles. The van der Waals surface area contributed by atoms with Gasteiger partial charge in [0.05, 0.1) is 0 Å². The second-order valence-corrected chi connectivity index (χ2v) is 15.2. The fourth-order valence-electron chi connectivity index (χ4n) is 10.9. The molecule has 0 aliphatic heterocycles. The Morgan fingerprint density at radius 2 is 1.58 bits per heavy atom. The zero-order valence-electron chi connectivity index (χ0n) is 24.1. The highest BCUT2D eigenvalue weighted by Gasteiger charge is 2.72. The van der Waals surface area contributed by atoms with Crippen LogP contribution in [0.2, 0.25) is 0 Å². The molecule has 5 rings (SSSR count). The molecule has 0 radical (unpaired) electrons. The molecule has 4 saturated carbocycles. The summed E-state index contributed by atoms with van der Waals surface area (Å²) in [7, 11) is 0.